The Bertz CT molecular complexity index is 1430. The Morgan fingerprint density at radius 1 is 1.09 bits per heavy atom. The average molecular weight is 469 g/mol. The Labute approximate surface area is 201 Å². The van der Waals surface area contributed by atoms with Crippen LogP contribution in [0.15, 0.2) is 49.3 Å². The number of imidazole rings is 1. The molecule has 0 atom stereocenters. The first-order chi connectivity index (χ1) is 17.2. The summed E-state index contributed by atoms with van der Waals surface area (Å²) in [5.41, 5.74) is 4.76. The molecule has 10 heteroatoms. The van der Waals surface area contributed by atoms with Crippen molar-refractivity contribution >= 4 is 17.3 Å². The van der Waals surface area contributed by atoms with Gasteiger partial charge in [-0.15, -0.1) is 0 Å². The van der Waals surface area contributed by atoms with Gasteiger partial charge in [0.15, 0.2) is 11.6 Å². The standard InChI is InChI=1S/C25H24N8O2/c34-25(30-18-4-1-3-17-23(18)35-10-9-33-24(17)27-14-29-33)19-11-21(22(12-26-19)31-7-2-8-31)32-13-20(28-15-32)16-5-6-16/h1,3-4,11-16H,2,5-10H2,(H,30,34). The number of aromatic nitrogens is 6. The topological polar surface area (TPSA) is 103 Å². The molecule has 35 heavy (non-hydrogen) atoms. The summed E-state index contributed by atoms with van der Waals surface area (Å²) in [4.78, 5) is 29.1. The molecular weight excluding hydrogens is 444 g/mol. The molecule has 1 aromatic carbocycles. The maximum Gasteiger partial charge on any atom is 0.274 e. The number of hydrogen-bond donors (Lipinski definition) is 1. The number of benzene rings is 1. The van der Waals surface area contributed by atoms with Crippen LogP contribution in [0, 0.1) is 0 Å². The van der Waals surface area contributed by atoms with Crippen molar-refractivity contribution in [2.45, 2.75) is 31.7 Å². The van der Waals surface area contributed by atoms with E-state index in [2.05, 4.69) is 36.5 Å². The molecule has 3 aliphatic rings. The van der Waals surface area contributed by atoms with Crippen LogP contribution in [0.3, 0.4) is 0 Å². The van der Waals surface area contributed by atoms with E-state index >= 15 is 0 Å². The van der Waals surface area contributed by atoms with E-state index in [1.54, 1.807) is 10.9 Å². The number of ether oxygens (including phenoxy) is 1. The molecule has 10 nitrogen and oxygen atoms in total. The van der Waals surface area contributed by atoms with Crippen LogP contribution in [0.1, 0.15) is 41.4 Å². The van der Waals surface area contributed by atoms with Crippen molar-refractivity contribution in [1.29, 1.82) is 0 Å². The fraction of sp³-hybridized carbons (Fsp3) is 0.320. The first kappa shape index (κ1) is 20.2. The zero-order chi connectivity index (χ0) is 23.4. The van der Waals surface area contributed by atoms with Crippen molar-refractivity contribution in [1.82, 2.24) is 29.3 Å². The number of nitrogens with one attached hydrogen (secondary N) is 1. The van der Waals surface area contributed by atoms with Gasteiger partial charge in [-0.2, -0.15) is 5.10 Å². The fourth-order valence-electron chi connectivity index (χ4n) is 4.65. The van der Waals surface area contributed by atoms with Gasteiger partial charge in [-0.25, -0.2) is 19.6 Å². The van der Waals surface area contributed by atoms with Gasteiger partial charge in [0.2, 0.25) is 0 Å². The molecule has 1 amide bonds. The molecule has 2 aliphatic heterocycles. The minimum atomic E-state index is -0.299. The molecule has 0 spiro atoms. The molecule has 3 aromatic heterocycles. The highest BCUT2D eigenvalue weighted by molar-refractivity contribution is 6.05. The Hall–Kier alpha value is -4.21. The molecule has 1 N–H and O–H groups in total. The van der Waals surface area contributed by atoms with Crippen LogP contribution in [-0.2, 0) is 6.54 Å². The summed E-state index contributed by atoms with van der Waals surface area (Å²) in [6.07, 6.45) is 10.8. The van der Waals surface area contributed by atoms with Crippen LogP contribution in [0.4, 0.5) is 11.4 Å². The quantitative estimate of drug-likeness (QED) is 0.480. The van der Waals surface area contributed by atoms with E-state index in [-0.39, 0.29) is 5.91 Å². The molecule has 1 saturated heterocycles. The number of hydrogen-bond acceptors (Lipinski definition) is 7. The third-order valence-electron chi connectivity index (χ3n) is 6.84. The minimum absolute atomic E-state index is 0.299. The Balaban J connectivity index is 1.22. The highest BCUT2D eigenvalue weighted by Crippen LogP contribution is 2.40. The van der Waals surface area contributed by atoms with Gasteiger partial charge in [-0.1, -0.05) is 6.07 Å². The molecule has 0 radical (unpaired) electrons. The Morgan fingerprint density at radius 2 is 2.00 bits per heavy atom. The number of fused-ring (bicyclic) bond motifs is 3. The first-order valence-corrected chi connectivity index (χ1v) is 12.0. The lowest BCUT2D eigenvalue weighted by atomic mass is 10.1. The van der Waals surface area contributed by atoms with Gasteiger partial charge in [0.25, 0.3) is 5.91 Å². The summed E-state index contributed by atoms with van der Waals surface area (Å²) in [5.74, 6) is 1.58. The number of para-hydroxylation sites is 1. The van der Waals surface area contributed by atoms with Crippen molar-refractivity contribution < 1.29 is 9.53 Å². The van der Waals surface area contributed by atoms with Crippen molar-refractivity contribution in [2.24, 2.45) is 0 Å². The number of anilines is 2. The van der Waals surface area contributed by atoms with E-state index in [4.69, 9.17) is 4.74 Å². The maximum absolute atomic E-state index is 13.4. The lowest BCUT2D eigenvalue weighted by molar-refractivity contribution is 0.102. The molecule has 4 aromatic rings. The van der Waals surface area contributed by atoms with Crippen molar-refractivity contribution in [2.75, 3.05) is 29.9 Å². The van der Waals surface area contributed by atoms with Gasteiger partial charge in [-0.05, 0) is 37.5 Å². The predicted molar refractivity (Wildman–Crippen MR) is 129 cm³/mol. The Kier molecular flexibility index (Phi) is 4.58. The molecule has 1 saturated carbocycles. The second-order valence-corrected chi connectivity index (χ2v) is 9.17. The molecule has 7 rings (SSSR count). The Morgan fingerprint density at radius 3 is 2.83 bits per heavy atom. The van der Waals surface area contributed by atoms with Gasteiger partial charge in [0, 0.05) is 25.2 Å². The summed E-state index contributed by atoms with van der Waals surface area (Å²) in [6, 6.07) is 7.47. The summed E-state index contributed by atoms with van der Waals surface area (Å²) in [5, 5.41) is 7.26. The summed E-state index contributed by atoms with van der Waals surface area (Å²) in [7, 11) is 0. The van der Waals surface area contributed by atoms with Crippen LogP contribution < -0.4 is 15.0 Å². The van der Waals surface area contributed by atoms with Crippen LogP contribution in [0.5, 0.6) is 5.75 Å². The SMILES string of the molecule is O=C(Nc1cccc2c1OCCn1ncnc1-2)c1cc(-n2cnc(C3CC3)c2)c(N2CCC2)cn1. The van der Waals surface area contributed by atoms with Gasteiger partial charge in [-0.3, -0.25) is 4.79 Å². The van der Waals surface area contributed by atoms with E-state index in [0.29, 0.717) is 36.2 Å². The molecule has 0 unspecified atom stereocenters. The molecule has 0 bridgehead atoms. The zero-order valence-electron chi connectivity index (χ0n) is 19.1. The lowest BCUT2D eigenvalue weighted by Crippen LogP contribution is -2.37. The van der Waals surface area contributed by atoms with Gasteiger partial charge >= 0.3 is 0 Å². The smallest absolute Gasteiger partial charge is 0.274 e. The van der Waals surface area contributed by atoms with E-state index in [9.17, 15) is 4.79 Å². The van der Waals surface area contributed by atoms with Crippen LogP contribution in [0.2, 0.25) is 0 Å². The largest absolute Gasteiger partial charge is 0.489 e. The molecule has 176 valence electrons. The number of carbonyl (C=O) groups excluding carboxylic acids is 1. The van der Waals surface area contributed by atoms with E-state index in [1.165, 1.54) is 19.2 Å². The normalized spacial score (nSPS) is 16.5. The predicted octanol–water partition coefficient (Wildman–Crippen LogP) is 3.26. The summed E-state index contributed by atoms with van der Waals surface area (Å²) in [6.45, 7) is 3.01. The molecule has 2 fully saturated rings. The van der Waals surface area contributed by atoms with Crippen molar-refractivity contribution in [3.63, 3.8) is 0 Å². The number of pyridine rings is 1. The monoisotopic (exact) mass is 468 g/mol. The zero-order valence-corrected chi connectivity index (χ0v) is 19.1. The van der Waals surface area contributed by atoms with Crippen molar-refractivity contribution in [3.8, 4) is 22.8 Å². The highest BCUT2D eigenvalue weighted by atomic mass is 16.5. The van der Waals surface area contributed by atoms with Gasteiger partial charge < -0.3 is 19.5 Å². The maximum atomic E-state index is 13.4. The first-order valence-electron chi connectivity index (χ1n) is 12.0. The summed E-state index contributed by atoms with van der Waals surface area (Å²) < 4.78 is 9.82. The third kappa shape index (κ3) is 3.52. The van der Waals surface area contributed by atoms with E-state index in [0.717, 1.165) is 48.0 Å². The minimum Gasteiger partial charge on any atom is -0.489 e. The van der Waals surface area contributed by atoms with Crippen LogP contribution in [0.25, 0.3) is 17.1 Å². The molecule has 5 heterocycles. The second-order valence-electron chi connectivity index (χ2n) is 9.17. The average Bonchev–Trinajstić information content (AvgIpc) is 3.44. The third-order valence-corrected chi connectivity index (χ3v) is 6.84. The fourth-order valence-corrected chi connectivity index (χ4v) is 4.65. The number of amides is 1. The number of rotatable bonds is 5. The van der Waals surface area contributed by atoms with Gasteiger partial charge in [0.1, 0.15) is 18.6 Å². The van der Waals surface area contributed by atoms with Gasteiger partial charge in [0.05, 0.1) is 47.4 Å². The number of nitrogens with zero attached hydrogens (tertiary/aromatic N) is 7. The number of carbonyl (C=O) groups is 1. The highest BCUT2D eigenvalue weighted by Gasteiger charge is 2.27. The van der Waals surface area contributed by atoms with Crippen LogP contribution in [-0.4, -0.2) is 54.9 Å². The second kappa shape index (κ2) is 7.93. The van der Waals surface area contributed by atoms with E-state index in [1.807, 2.05) is 35.2 Å². The summed E-state index contributed by atoms with van der Waals surface area (Å²) >= 11 is 0. The lowest BCUT2D eigenvalue weighted by Gasteiger charge is -2.34. The molecular formula is C25H24N8O2. The molecule has 1 aliphatic carbocycles. The van der Waals surface area contributed by atoms with E-state index < -0.39 is 0 Å². The van der Waals surface area contributed by atoms with Crippen molar-refractivity contribution in [3.05, 3.63) is 60.7 Å². The van der Waals surface area contributed by atoms with Crippen LogP contribution >= 0.6 is 0 Å².